The van der Waals surface area contributed by atoms with E-state index in [1.807, 2.05) is 13.0 Å². The molecule has 0 bridgehead atoms. The quantitative estimate of drug-likeness (QED) is 0.501. The third kappa shape index (κ3) is 3.08. The Labute approximate surface area is 170 Å². The maximum atomic E-state index is 5.61. The largest absolute Gasteiger partial charge is 0.377 e. The summed E-state index contributed by atoms with van der Waals surface area (Å²) in [5.74, 6) is 0.997. The zero-order valence-electron chi connectivity index (χ0n) is 17.2. The van der Waals surface area contributed by atoms with Crippen molar-refractivity contribution in [3.8, 4) is 11.4 Å². The van der Waals surface area contributed by atoms with Gasteiger partial charge in [-0.3, -0.25) is 0 Å². The molecule has 0 amide bonds. The molecule has 2 aromatic heterocycles. The first kappa shape index (κ1) is 18.2. The Morgan fingerprint density at radius 1 is 1.17 bits per heavy atom. The van der Waals surface area contributed by atoms with E-state index in [2.05, 4.69) is 58.8 Å². The van der Waals surface area contributed by atoms with Crippen LogP contribution < -0.4 is 4.90 Å². The van der Waals surface area contributed by atoms with E-state index in [0.29, 0.717) is 6.04 Å². The van der Waals surface area contributed by atoms with Crippen molar-refractivity contribution in [2.45, 2.75) is 39.8 Å². The Hall–Kier alpha value is -2.86. The molecule has 3 heterocycles. The molecule has 2 aromatic carbocycles. The SMILES string of the molecule is CCCn1c(-c2ccc3onc(C)c3c2)nc2ccc(N3CCOCC3C)cc21. The highest BCUT2D eigenvalue weighted by molar-refractivity contribution is 5.88. The van der Waals surface area contributed by atoms with E-state index in [-0.39, 0.29) is 0 Å². The number of rotatable bonds is 4. The number of aromatic nitrogens is 3. The van der Waals surface area contributed by atoms with Crippen molar-refractivity contribution in [2.75, 3.05) is 24.7 Å². The van der Waals surface area contributed by atoms with Crippen LogP contribution in [0.15, 0.2) is 40.9 Å². The molecule has 29 heavy (non-hydrogen) atoms. The number of morpholine rings is 1. The monoisotopic (exact) mass is 390 g/mol. The van der Waals surface area contributed by atoms with Crippen molar-refractivity contribution >= 4 is 27.7 Å². The van der Waals surface area contributed by atoms with Crippen molar-refractivity contribution in [3.05, 3.63) is 42.1 Å². The summed E-state index contributed by atoms with van der Waals surface area (Å²) >= 11 is 0. The fourth-order valence-corrected chi connectivity index (χ4v) is 4.27. The minimum atomic E-state index is 0.377. The Morgan fingerprint density at radius 3 is 2.90 bits per heavy atom. The van der Waals surface area contributed by atoms with Crippen LogP contribution >= 0.6 is 0 Å². The lowest BCUT2D eigenvalue weighted by Gasteiger charge is -2.35. The van der Waals surface area contributed by atoms with Gasteiger partial charge in [0, 0.05) is 35.8 Å². The number of fused-ring (bicyclic) bond motifs is 2. The van der Waals surface area contributed by atoms with Gasteiger partial charge in [0.2, 0.25) is 0 Å². The molecular weight excluding hydrogens is 364 g/mol. The van der Waals surface area contributed by atoms with Crippen LogP contribution in [0.2, 0.25) is 0 Å². The number of hydrogen-bond acceptors (Lipinski definition) is 5. The number of nitrogens with zero attached hydrogens (tertiary/aromatic N) is 4. The molecule has 1 saturated heterocycles. The first-order valence-electron chi connectivity index (χ1n) is 10.4. The van der Waals surface area contributed by atoms with Crippen LogP contribution in [-0.4, -0.2) is 40.5 Å². The summed E-state index contributed by atoms with van der Waals surface area (Å²) in [4.78, 5) is 7.43. The molecule has 4 aromatic rings. The van der Waals surface area contributed by atoms with Gasteiger partial charge in [-0.05, 0) is 56.7 Å². The van der Waals surface area contributed by atoms with E-state index in [9.17, 15) is 0 Å². The first-order chi connectivity index (χ1) is 14.2. The fraction of sp³-hybridized carbons (Fsp3) is 0.391. The second kappa shape index (κ2) is 7.19. The third-order valence-electron chi connectivity index (χ3n) is 5.79. The van der Waals surface area contributed by atoms with Crippen molar-refractivity contribution in [2.24, 2.45) is 0 Å². The van der Waals surface area contributed by atoms with Gasteiger partial charge >= 0.3 is 0 Å². The second-order valence-corrected chi connectivity index (χ2v) is 7.86. The van der Waals surface area contributed by atoms with Gasteiger partial charge in [-0.1, -0.05) is 12.1 Å². The first-order valence-corrected chi connectivity index (χ1v) is 10.4. The van der Waals surface area contributed by atoms with Crippen LogP contribution in [0.4, 0.5) is 5.69 Å². The van der Waals surface area contributed by atoms with Crippen molar-refractivity contribution in [1.29, 1.82) is 0 Å². The summed E-state index contributed by atoms with van der Waals surface area (Å²) in [6.45, 7) is 9.79. The van der Waals surface area contributed by atoms with Crippen LogP contribution in [0.3, 0.4) is 0 Å². The average molecular weight is 390 g/mol. The van der Waals surface area contributed by atoms with Gasteiger partial charge in [-0.25, -0.2) is 4.98 Å². The Bertz CT molecular complexity index is 1180. The van der Waals surface area contributed by atoms with Crippen LogP contribution in [0, 0.1) is 6.92 Å². The minimum Gasteiger partial charge on any atom is -0.377 e. The standard InChI is InChI=1S/C23H26N4O2/c1-4-9-27-21-13-18(26-10-11-28-14-15(26)2)6-7-20(21)24-23(27)17-5-8-22-19(12-17)16(3)25-29-22/h5-8,12-13,15H,4,9-11,14H2,1-3H3. The van der Waals surface area contributed by atoms with Gasteiger partial charge in [0.05, 0.1) is 29.9 Å². The molecule has 6 heteroatoms. The molecule has 1 aliphatic rings. The fourth-order valence-electron chi connectivity index (χ4n) is 4.27. The maximum Gasteiger partial charge on any atom is 0.167 e. The van der Waals surface area contributed by atoms with E-state index in [1.165, 1.54) is 11.2 Å². The van der Waals surface area contributed by atoms with Gasteiger partial charge in [-0.2, -0.15) is 0 Å². The van der Waals surface area contributed by atoms with Crippen molar-refractivity contribution in [1.82, 2.24) is 14.7 Å². The second-order valence-electron chi connectivity index (χ2n) is 7.86. The summed E-state index contributed by atoms with van der Waals surface area (Å²) in [5.41, 5.74) is 6.26. The van der Waals surface area contributed by atoms with Crippen molar-refractivity contribution < 1.29 is 9.26 Å². The highest BCUT2D eigenvalue weighted by Crippen LogP contribution is 2.31. The zero-order chi connectivity index (χ0) is 20.0. The number of ether oxygens (including phenoxy) is 1. The topological polar surface area (TPSA) is 56.3 Å². The van der Waals surface area contributed by atoms with Gasteiger partial charge in [0.15, 0.2) is 5.58 Å². The molecule has 1 fully saturated rings. The smallest absolute Gasteiger partial charge is 0.167 e. The van der Waals surface area contributed by atoms with Crippen LogP contribution in [0.1, 0.15) is 26.0 Å². The minimum absolute atomic E-state index is 0.377. The lowest BCUT2D eigenvalue weighted by molar-refractivity contribution is 0.0989. The Kier molecular flexibility index (Phi) is 4.51. The van der Waals surface area contributed by atoms with Crippen molar-refractivity contribution in [3.63, 3.8) is 0 Å². The number of hydrogen-bond donors (Lipinski definition) is 0. The molecule has 150 valence electrons. The van der Waals surface area contributed by atoms with E-state index >= 15 is 0 Å². The van der Waals surface area contributed by atoms with Crippen LogP contribution in [-0.2, 0) is 11.3 Å². The Balaban J connectivity index is 1.64. The predicted molar refractivity (Wildman–Crippen MR) is 115 cm³/mol. The maximum absolute atomic E-state index is 5.61. The normalized spacial score (nSPS) is 17.5. The lowest BCUT2D eigenvalue weighted by atomic mass is 10.1. The van der Waals surface area contributed by atoms with E-state index in [0.717, 1.165) is 66.3 Å². The summed E-state index contributed by atoms with van der Waals surface area (Å²) < 4.78 is 13.3. The molecule has 0 spiro atoms. The number of benzene rings is 2. The molecule has 0 radical (unpaired) electrons. The van der Waals surface area contributed by atoms with Crippen LogP contribution in [0.5, 0.6) is 0 Å². The molecule has 5 rings (SSSR count). The van der Waals surface area contributed by atoms with E-state index < -0.39 is 0 Å². The molecule has 0 saturated carbocycles. The zero-order valence-corrected chi connectivity index (χ0v) is 17.2. The highest BCUT2D eigenvalue weighted by atomic mass is 16.5. The average Bonchev–Trinajstić information content (AvgIpc) is 3.29. The van der Waals surface area contributed by atoms with E-state index in [4.69, 9.17) is 14.2 Å². The number of anilines is 1. The van der Waals surface area contributed by atoms with Gasteiger partial charge in [0.1, 0.15) is 5.82 Å². The molecule has 0 aliphatic carbocycles. The Morgan fingerprint density at radius 2 is 2.07 bits per heavy atom. The lowest BCUT2D eigenvalue weighted by Crippen LogP contribution is -2.43. The summed E-state index contributed by atoms with van der Waals surface area (Å²) in [5, 5.41) is 5.13. The summed E-state index contributed by atoms with van der Waals surface area (Å²) in [6, 6.07) is 13.2. The van der Waals surface area contributed by atoms with E-state index in [1.54, 1.807) is 0 Å². The molecule has 1 atom stereocenters. The van der Waals surface area contributed by atoms with Gasteiger partial charge in [-0.15, -0.1) is 0 Å². The van der Waals surface area contributed by atoms with Gasteiger partial charge < -0.3 is 18.7 Å². The predicted octanol–water partition coefficient (Wildman–Crippen LogP) is 4.79. The molecule has 0 N–H and O–H groups in total. The molecule has 1 aliphatic heterocycles. The summed E-state index contributed by atoms with van der Waals surface area (Å²) in [6.07, 6.45) is 1.05. The summed E-state index contributed by atoms with van der Waals surface area (Å²) in [7, 11) is 0. The molecule has 6 nitrogen and oxygen atoms in total. The number of aryl methyl sites for hydroxylation is 2. The van der Waals surface area contributed by atoms with Crippen LogP contribution in [0.25, 0.3) is 33.4 Å². The third-order valence-corrected chi connectivity index (χ3v) is 5.79. The molecular formula is C23H26N4O2. The van der Waals surface area contributed by atoms with Gasteiger partial charge in [0.25, 0.3) is 0 Å². The molecule has 1 unspecified atom stereocenters. The number of imidazole rings is 1. The highest BCUT2D eigenvalue weighted by Gasteiger charge is 2.21.